The molecule has 2 aromatic rings. The van der Waals surface area contributed by atoms with Crippen molar-refractivity contribution in [2.45, 2.75) is 19.8 Å². The Balaban J connectivity index is 1.76. The number of carbonyl (C=O) groups is 1. The predicted octanol–water partition coefficient (Wildman–Crippen LogP) is 3.24. The third-order valence-electron chi connectivity index (χ3n) is 4.90. The molecule has 7 heteroatoms. The highest BCUT2D eigenvalue weighted by molar-refractivity contribution is 7.92. The number of aryl methyl sites for hydroxylation is 1. The van der Waals surface area contributed by atoms with E-state index in [1.165, 1.54) is 24.2 Å². The number of rotatable bonds is 5. The van der Waals surface area contributed by atoms with E-state index in [0.29, 0.717) is 16.9 Å². The maximum Gasteiger partial charge on any atom is 0.255 e. The zero-order chi connectivity index (χ0) is 19.6. The van der Waals surface area contributed by atoms with E-state index in [2.05, 4.69) is 10.2 Å². The monoisotopic (exact) mass is 387 g/mol. The smallest absolute Gasteiger partial charge is 0.255 e. The van der Waals surface area contributed by atoms with Gasteiger partial charge in [-0.05, 0) is 61.7 Å². The lowest BCUT2D eigenvalue weighted by molar-refractivity contribution is 0.102. The molecular formula is C20H25N3O3S. The summed E-state index contributed by atoms with van der Waals surface area (Å²) in [4.78, 5) is 14.9. The van der Waals surface area contributed by atoms with Gasteiger partial charge in [0.1, 0.15) is 0 Å². The van der Waals surface area contributed by atoms with Gasteiger partial charge < -0.3 is 10.2 Å². The molecule has 144 valence electrons. The van der Waals surface area contributed by atoms with Crippen LogP contribution in [0.15, 0.2) is 42.5 Å². The van der Waals surface area contributed by atoms with Crippen LogP contribution in [0.4, 0.5) is 17.1 Å². The van der Waals surface area contributed by atoms with E-state index in [1.807, 2.05) is 31.2 Å². The van der Waals surface area contributed by atoms with E-state index in [9.17, 15) is 13.2 Å². The quantitative estimate of drug-likeness (QED) is 0.855. The van der Waals surface area contributed by atoms with Crippen LogP contribution in [-0.2, 0) is 10.0 Å². The normalized spacial score (nSPS) is 14.3. The van der Waals surface area contributed by atoms with Gasteiger partial charge in [0.25, 0.3) is 5.91 Å². The fourth-order valence-electron chi connectivity index (χ4n) is 3.20. The van der Waals surface area contributed by atoms with Gasteiger partial charge >= 0.3 is 0 Å². The second-order valence-corrected chi connectivity index (χ2v) is 8.94. The molecule has 0 aromatic heterocycles. The molecule has 0 atom stereocenters. The fraction of sp³-hybridized carbons (Fsp3) is 0.350. The number of hydrogen-bond acceptors (Lipinski definition) is 4. The van der Waals surface area contributed by atoms with Crippen molar-refractivity contribution in [3.63, 3.8) is 0 Å². The van der Waals surface area contributed by atoms with Crippen LogP contribution in [0, 0.1) is 6.92 Å². The summed E-state index contributed by atoms with van der Waals surface area (Å²) in [6.45, 7) is 3.97. The van der Waals surface area contributed by atoms with Crippen molar-refractivity contribution in [3.05, 3.63) is 53.6 Å². The van der Waals surface area contributed by atoms with Crippen molar-refractivity contribution >= 4 is 33.0 Å². The Bertz CT molecular complexity index is 933. The summed E-state index contributed by atoms with van der Waals surface area (Å²) in [6, 6.07) is 12.9. The van der Waals surface area contributed by atoms with Gasteiger partial charge in [-0.25, -0.2) is 8.42 Å². The number of benzene rings is 2. The Morgan fingerprint density at radius 1 is 1.07 bits per heavy atom. The van der Waals surface area contributed by atoms with Crippen LogP contribution < -0.4 is 14.5 Å². The molecule has 0 bridgehead atoms. The number of hydrogen-bond donors (Lipinski definition) is 1. The maximum atomic E-state index is 12.6. The molecular weight excluding hydrogens is 362 g/mol. The van der Waals surface area contributed by atoms with Gasteiger partial charge in [-0.3, -0.25) is 9.10 Å². The van der Waals surface area contributed by atoms with E-state index in [1.54, 1.807) is 18.2 Å². The molecule has 3 rings (SSSR count). The summed E-state index contributed by atoms with van der Waals surface area (Å²) in [5.41, 5.74) is 3.57. The van der Waals surface area contributed by atoms with Crippen LogP contribution in [-0.4, -0.2) is 40.7 Å². The minimum Gasteiger partial charge on any atom is -0.372 e. The van der Waals surface area contributed by atoms with E-state index in [4.69, 9.17) is 0 Å². The summed E-state index contributed by atoms with van der Waals surface area (Å²) in [5, 5.41) is 2.87. The Morgan fingerprint density at radius 3 is 2.30 bits per heavy atom. The number of nitrogens with zero attached hydrogens (tertiary/aromatic N) is 2. The molecule has 1 saturated heterocycles. The van der Waals surface area contributed by atoms with Gasteiger partial charge in [0.15, 0.2) is 0 Å². The zero-order valence-corrected chi connectivity index (χ0v) is 16.7. The van der Waals surface area contributed by atoms with E-state index < -0.39 is 10.0 Å². The van der Waals surface area contributed by atoms with E-state index >= 15 is 0 Å². The molecule has 0 aliphatic carbocycles. The molecule has 1 aliphatic rings. The van der Waals surface area contributed by atoms with Gasteiger partial charge in [0.05, 0.1) is 11.9 Å². The first kappa shape index (κ1) is 19.2. The Kier molecular flexibility index (Phi) is 5.41. The number of carbonyl (C=O) groups excluding carboxylic acids is 1. The summed E-state index contributed by atoms with van der Waals surface area (Å²) < 4.78 is 24.8. The fourth-order valence-corrected chi connectivity index (χ4v) is 3.76. The second kappa shape index (κ2) is 7.60. The first-order chi connectivity index (χ1) is 12.8. The van der Waals surface area contributed by atoms with Gasteiger partial charge in [-0.1, -0.05) is 6.07 Å². The summed E-state index contributed by atoms with van der Waals surface area (Å²) in [7, 11) is -1.91. The molecule has 1 amide bonds. The van der Waals surface area contributed by atoms with Crippen molar-refractivity contribution < 1.29 is 13.2 Å². The number of nitrogens with one attached hydrogen (secondary N) is 1. The molecule has 1 fully saturated rings. The molecule has 1 heterocycles. The standard InChI is InChI=1S/C20H25N3O3S/c1-15-6-7-16(14-19(15)22(2)27(3,25)26)20(24)21-17-8-10-18(11-9-17)23-12-4-5-13-23/h6-11,14H,4-5,12-13H2,1-3H3,(H,21,24). The first-order valence-corrected chi connectivity index (χ1v) is 10.8. The molecule has 0 unspecified atom stereocenters. The van der Waals surface area contributed by atoms with Gasteiger partial charge in [-0.15, -0.1) is 0 Å². The second-order valence-electron chi connectivity index (χ2n) is 6.93. The molecule has 6 nitrogen and oxygen atoms in total. The van der Waals surface area contributed by atoms with Gasteiger partial charge in [-0.2, -0.15) is 0 Å². The molecule has 1 N–H and O–H groups in total. The highest BCUT2D eigenvalue weighted by Crippen LogP contribution is 2.25. The highest BCUT2D eigenvalue weighted by atomic mass is 32.2. The first-order valence-electron chi connectivity index (χ1n) is 8.96. The SMILES string of the molecule is Cc1ccc(C(=O)Nc2ccc(N3CCCC3)cc2)cc1N(C)S(C)(=O)=O. The van der Waals surface area contributed by atoms with E-state index in [-0.39, 0.29) is 5.91 Å². The lowest BCUT2D eigenvalue weighted by Crippen LogP contribution is -2.26. The van der Waals surface area contributed by atoms with Crippen LogP contribution in [0.1, 0.15) is 28.8 Å². The van der Waals surface area contributed by atoms with Crippen LogP contribution in [0.3, 0.4) is 0 Å². The zero-order valence-electron chi connectivity index (χ0n) is 15.9. The molecule has 0 saturated carbocycles. The predicted molar refractivity (Wildman–Crippen MR) is 110 cm³/mol. The van der Waals surface area contributed by atoms with Crippen LogP contribution in [0.5, 0.6) is 0 Å². The van der Waals surface area contributed by atoms with Crippen LogP contribution >= 0.6 is 0 Å². The van der Waals surface area contributed by atoms with Crippen molar-refractivity contribution in [2.24, 2.45) is 0 Å². The van der Waals surface area contributed by atoms with Crippen molar-refractivity contribution in [3.8, 4) is 0 Å². The third kappa shape index (κ3) is 4.42. The minimum absolute atomic E-state index is 0.271. The average molecular weight is 388 g/mol. The lowest BCUT2D eigenvalue weighted by atomic mass is 10.1. The van der Waals surface area contributed by atoms with Gasteiger partial charge in [0.2, 0.25) is 10.0 Å². The number of amides is 1. The maximum absolute atomic E-state index is 12.6. The van der Waals surface area contributed by atoms with Crippen molar-refractivity contribution in [2.75, 3.05) is 40.9 Å². The Labute approximate surface area is 160 Å². The number of anilines is 3. The summed E-state index contributed by atoms with van der Waals surface area (Å²) >= 11 is 0. The Hall–Kier alpha value is -2.54. The van der Waals surface area contributed by atoms with Crippen molar-refractivity contribution in [1.82, 2.24) is 0 Å². The van der Waals surface area contributed by atoms with E-state index in [0.717, 1.165) is 30.6 Å². The average Bonchev–Trinajstić information content (AvgIpc) is 3.16. The van der Waals surface area contributed by atoms with Crippen LogP contribution in [0.2, 0.25) is 0 Å². The largest absolute Gasteiger partial charge is 0.372 e. The third-order valence-corrected chi connectivity index (χ3v) is 6.10. The molecule has 0 spiro atoms. The lowest BCUT2D eigenvalue weighted by Gasteiger charge is -2.20. The van der Waals surface area contributed by atoms with Gasteiger partial charge in [0, 0.05) is 37.1 Å². The highest BCUT2D eigenvalue weighted by Gasteiger charge is 2.17. The molecule has 0 radical (unpaired) electrons. The summed E-state index contributed by atoms with van der Waals surface area (Å²) in [5.74, 6) is -0.271. The van der Waals surface area contributed by atoms with Crippen molar-refractivity contribution in [1.29, 1.82) is 0 Å². The van der Waals surface area contributed by atoms with Crippen LogP contribution in [0.25, 0.3) is 0 Å². The number of sulfonamides is 1. The molecule has 1 aliphatic heterocycles. The minimum atomic E-state index is -3.40. The topological polar surface area (TPSA) is 69.7 Å². The molecule has 27 heavy (non-hydrogen) atoms. The Morgan fingerprint density at radius 2 is 1.70 bits per heavy atom. The summed E-state index contributed by atoms with van der Waals surface area (Å²) in [6.07, 6.45) is 3.58. The molecule has 2 aromatic carbocycles.